The molecule has 36 heavy (non-hydrogen) atoms. The number of carboxylic acids is 1. The summed E-state index contributed by atoms with van der Waals surface area (Å²) in [5.74, 6) is -1.92. The average molecular weight is 534 g/mol. The summed E-state index contributed by atoms with van der Waals surface area (Å²) < 4.78 is 90.6. The molecule has 0 aliphatic carbocycles. The highest BCUT2D eigenvalue weighted by molar-refractivity contribution is 7.92. The zero-order chi connectivity index (χ0) is 26.9. The van der Waals surface area contributed by atoms with E-state index < -0.39 is 50.7 Å². The van der Waals surface area contributed by atoms with Gasteiger partial charge in [0.2, 0.25) is 5.60 Å². The summed E-state index contributed by atoms with van der Waals surface area (Å²) in [4.78, 5) is 22.7. The molecule has 0 aromatic heterocycles. The molecule has 2 aromatic rings. The van der Waals surface area contributed by atoms with Gasteiger partial charge in [-0.2, -0.15) is 13.2 Å². The van der Waals surface area contributed by atoms with Gasteiger partial charge in [0.05, 0.1) is 17.1 Å². The van der Waals surface area contributed by atoms with Crippen molar-refractivity contribution in [3.63, 3.8) is 0 Å². The molecule has 2 aromatic carbocycles. The van der Waals surface area contributed by atoms with Crippen LogP contribution < -0.4 is 14.4 Å². The molecule has 9 nitrogen and oxygen atoms in total. The van der Waals surface area contributed by atoms with E-state index in [1.54, 1.807) is 0 Å². The van der Waals surface area contributed by atoms with Crippen LogP contribution in [-0.2, 0) is 19.6 Å². The average Bonchev–Trinajstić information content (AvgIpc) is 2.76. The Balaban J connectivity index is 1.96. The van der Waals surface area contributed by atoms with Crippen molar-refractivity contribution in [2.24, 2.45) is 0 Å². The molecule has 0 bridgehead atoms. The molecule has 1 aliphatic heterocycles. The molecule has 0 saturated heterocycles. The summed E-state index contributed by atoms with van der Waals surface area (Å²) in [5.41, 5.74) is -3.00. The van der Waals surface area contributed by atoms with E-state index >= 15 is 0 Å². The Bertz CT molecular complexity index is 1270. The van der Waals surface area contributed by atoms with Gasteiger partial charge in [-0.15, -0.1) is 0 Å². The van der Waals surface area contributed by atoms with E-state index in [0.717, 1.165) is 22.5 Å². The van der Waals surface area contributed by atoms with Crippen LogP contribution in [0.1, 0.15) is 26.7 Å². The van der Waals surface area contributed by atoms with Crippen LogP contribution in [0.15, 0.2) is 47.4 Å². The summed E-state index contributed by atoms with van der Waals surface area (Å²) >= 11 is 0. The normalized spacial score (nSPS) is 16.1. The zero-order valence-corrected chi connectivity index (χ0v) is 19.8. The van der Waals surface area contributed by atoms with Gasteiger partial charge in [0, 0.05) is 12.1 Å². The third-order valence-electron chi connectivity index (χ3n) is 5.23. The monoisotopic (exact) mass is 534 g/mol. The molecule has 1 atom stereocenters. The molecule has 0 spiro atoms. The number of carbonyl (C=O) groups excluding carboxylic acids is 1. The maximum atomic E-state index is 13.8. The van der Waals surface area contributed by atoms with Gasteiger partial charge in [-0.3, -0.25) is 14.4 Å². The van der Waals surface area contributed by atoms with Crippen molar-refractivity contribution in [1.29, 1.82) is 0 Å². The lowest BCUT2D eigenvalue weighted by molar-refractivity contribution is -0.242. The SMILES string of the molecule is CC(C)(OC(=O)Nc1ccc2c(c1)N(S(=O)(=O)c1cccc(F)c1)C[C@H](CCC(=O)O)O2)C(F)(F)F. The van der Waals surface area contributed by atoms with Gasteiger partial charge in [0.15, 0.2) is 0 Å². The summed E-state index contributed by atoms with van der Waals surface area (Å²) in [6.07, 6.45) is -7.49. The molecule has 2 N–H and O–H groups in total. The molecule has 0 fully saturated rings. The van der Waals surface area contributed by atoms with Crippen molar-refractivity contribution >= 4 is 33.5 Å². The molecular weight excluding hydrogens is 512 g/mol. The number of benzene rings is 2. The predicted molar refractivity (Wildman–Crippen MR) is 119 cm³/mol. The number of carboxylic acid groups (broad SMARTS) is 1. The Hall–Kier alpha value is -3.55. The fraction of sp³-hybridized carbons (Fsp3) is 0.364. The fourth-order valence-electron chi connectivity index (χ4n) is 3.24. The highest BCUT2D eigenvalue weighted by atomic mass is 32.2. The first-order valence-corrected chi connectivity index (χ1v) is 11.9. The summed E-state index contributed by atoms with van der Waals surface area (Å²) in [6, 6.07) is 7.86. The standard InChI is InChI=1S/C22H22F4N2O7S/c1-21(2,22(24,25)26)35-20(31)27-14-6-8-18-17(11-14)28(12-15(34-18)7-9-19(29)30)36(32,33)16-5-3-4-13(23)10-16/h3-6,8,10-11,15H,7,9,12H2,1-2H3,(H,27,31)(H,29,30)/t15-/m0/s1. The number of amides is 1. The number of ether oxygens (including phenoxy) is 2. The van der Waals surface area contributed by atoms with Crippen molar-refractivity contribution in [1.82, 2.24) is 0 Å². The Morgan fingerprint density at radius 3 is 2.50 bits per heavy atom. The van der Waals surface area contributed by atoms with Crippen LogP contribution in [0.2, 0.25) is 0 Å². The number of anilines is 2. The smallest absolute Gasteiger partial charge is 0.427 e. The van der Waals surface area contributed by atoms with E-state index in [0.29, 0.717) is 13.8 Å². The van der Waals surface area contributed by atoms with Crippen LogP contribution in [0.4, 0.5) is 33.7 Å². The third-order valence-corrected chi connectivity index (χ3v) is 7.01. The molecule has 0 saturated carbocycles. The molecule has 196 valence electrons. The summed E-state index contributed by atoms with van der Waals surface area (Å²) in [5, 5.41) is 11.1. The molecule has 3 rings (SSSR count). The lowest BCUT2D eigenvalue weighted by Gasteiger charge is -2.35. The minimum absolute atomic E-state index is 0.00570. The molecule has 0 unspecified atom stereocenters. The first-order valence-electron chi connectivity index (χ1n) is 10.5. The molecular formula is C22H22F4N2O7S. The van der Waals surface area contributed by atoms with Crippen molar-refractivity contribution in [3.05, 3.63) is 48.3 Å². The van der Waals surface area contributed by atoms with Gasteiger partial charge in [0.25, 0.3) is 10.0 Å². The van der Waals surface area contributed by atoms with Crippen molar-refractivity contribution in [2.45, 2.75) is 49.5 Å². The number of aliphatic carboxylic acids is 1. The van der Waals surface area contributed by atoms with Gasteiger partial charge in [-0.1, -0.05) is 6.07 Å². The van der Waals surface area contributed by atoms with E-state index in [1.165, 1.54) is 24.3 Å². The number of sulfonamides is 1. The summed E-state index contributed by atoms with van der Waals surface area (Å²) in [7, 11) is -4.39. The van der Waals surface area contributed by atoms with Crippen LogP contribution in [-0.4, -0.2) is 50.0 Å². The first kappa shape index (κ1) is 27.0. The van der Waals surface area contributed by atoms with Gasteiger partial charge >= 0.3 is 18.2 Å². The first-order chi connectivity index (χ1) is 16.6. The molecule has 1 aliphatic rings. The number of nitrogens with zero attached hydrogens (tertiary/aromatic N) is 1. The van der Waals surface area contributed by atoms with E-state index in [1.807, 2.05) is 0 Å². The van der Waals surface area contributed by atoms with E-state index in [2.05, 4.69) is 10.1 Å². The number of fused-ring (bicyclic) bond motifs is 1. The van der Waals surface area contributed by atoms with Gasteiger partial charge in [-0.05, 0) is 56.7 Å². The second-order valence-corrected chi connectivity index (χ2v) is 10.2. The van der Waals surface area contributed by atoms with E-state index in [4.69, 9.17) is 9.84 Å². The zero-order valence-electron chi connectivity index (χ0n) is 19.0. The van der Waals surface area contributed by atoms with Crippen LogP contribution in [0.25, 0.3) is 0 Å². The molecule has 14 heteroatoms. The van der Waals surface area contributed by atoms with Crippen LogP contribution in [0.3, 0.4) is 0 Å². The van der Waals surface area contributed by atoms with Gasteiger partial charge < -0.3 is 14.6 Å². The maximum absolute atomic E-state index is 13.8. The second kappa shape index (κ2) is 9.84. The minimum Gasteiger partial charge on any atom is -0.486 e. The molecule has 1 amide bonds. The third kappa shape index (κ3) is 5.98. The Labute approximate surface area is 203 Å². The Morgan fingerprint density at radius 1 is 1.19 bits per heavy atom. The maximum Gasteiger partial charge on any atom is 0.427 e. The van der Waals surface area contributed by atoms with Crippen LogP contribution >= 0.6 is 0 Å². The number of alkyl halides is 3. The number of hydrogen-bond donors (Lipinski definition) is 2. The minimum atomic E-state index is -4.84. The lowest BCUT2D eigenvalue weighted by Crippen LogP contribution is -2.44. The fourth-order valence-corrected chi connectivity index (χ4v) is 4.77. The highest BCUT2D eigenvalue weighted by Gasteiger charge is 2.51. The predicted octanol–water partition coefficient (Wildman–Crippen LogP) is 4.54. The highest BCUT2D eigenvalue weighted by Crippen LogP contribution is 2.40. The topological polar surface area (TPSA) is 122 Å². The Kier molecular flexibility index (Phi) is 7.39. The number of hydrogen-bond acceptors (Lipinski definition) is 6. The molecule has 0 radical (unpaired) electrons. The van der Waals surface area contributed by atoms with Gasteiger partial charge in [0.1, 0.15) is 17.7 Å². The van der Waals surface area contributed by atoms with Crippen molar-refractivity contribution < 1.29 is 50.1 Å². The number of rotatable bonds is 7. The number of nitrogens with one attached hydrogen (secondary N) is 1. The molecule has 1 heterocycles. The van der Waals surface area contributed by atoms with Crippen molar-refractivity contribution in [2.75, 3.05) is 16.2 Å². The number of carbonyl (C=O) groups is 2. The van der Waals surface area contributed by atoms with Crippen molar-refractivity contribution in [3.8, 4) is 5.75 Å². The summed E-state index contributed by atoms with van der Waals surface area (Å²) in [6.45, 7) is 0.990. The van der Waals surface area contributed by atoms with Gasteiger partial charge in [-0.25, -0.2) is 17.6 Å². The Morgan fingerprint density at radius 2 is 1.89 bits per heavy atom. The van der Waals surface area contributed by atoms with E-state index in [-0.39, 0.29) is 36.5 Å². The number of halogens is 4. The lowest BCUT2D eigenvalue weighted by atomic mass is 10.1. The second-order valence-electron chi connectivity index (χ2n) is 8.37. The quantitative estimate of drug-likeness (QED) is 0.501. The van der Waals surface area contributed by atoms with Crippen LogP contribution in [0.5, 0.6) is 5.75 Å². The van der Waals surface area contributed by atoms with Crippen LogP contribution in [0, 0.1) is 5.82 Å². The largest absolute Gasteiger partial charge is 0.486 e. The van der Waals surface area contributed by atoms with E-state index in [9.17, 15) is 35.6 Å².